The molecule has 1 saturated heterocycles. The highest BCUT2D eigenvalue weighted by atomic mass is 79.9. The van der Waals surface area contributed by atoms with Crippen LogP contribution in [0.3, 0.4) is 0 Å². The van der Waals surface area contributed by atoms with Crippen LogP contribution in [-0.4, -0.2) is 24.0 Å². The molecule has 1 atom stereocenters. The highest BCUT2D eigenvalue weighted by Gasteiger charge is 2.15. The maximum Gasteiger partial charge on any atom is 0.199 e. The van der Waals surface area contributed by atoms with Gasteiger partial charge in [0.15, 0.2) is 12.1 Å². The molecule has 1 heterocycles. The summed E-state index contributed by atoms with van der Waals surface area (Å²) < 4.78 is 11.2. The Balaban J connectivity index is 1.95. The monoisotopic (exact) mass is 298 g/mol. The average Bonchev–Trinajstić information content (AvgIpc) is 2.40. The second-order valence-electron chi connectivity index (χ2n) is 4.00. The number of carbonyl (C=O) groups is 1. The summed E-state index contributed by atoms with van der Waals surface area (Å²) in [5.74, 6) is 0.827. The summed E-state index contributed by atoms with van der Waals surface area (Å²) in [5, 5.41) is 0.346. The van der Waals surface area contributed by atoms with Gasteiger partial charge in [-0.1, -0.05) is 15.9 Å². The topological polar surface area (TPSA) is 35.5 Å². The Kier molecular flexibility index (Phi) is 4.57. The molecule has 4 heteroatoms. The first-order chi connectivity index (χ1) is 8.29. The summed E-state index contributed by atoms with van der Waals surface area (Å²) in [7, 11) is 0. The lowest BCUT2D eigenvalue weighted by molar-refractivity contribution is -0.105. The van der Waals surface area contributed by atoms with Crippen LogP contribution in [0, 0.1) is 0 Å². The minimum atomic E-state index is -0.138. The minimum Gasteiger partial charge on any atom is -0.465 e. The Morgan fingerprint density at radius 3 is 2.71 bits per heavy atom. The van der Waals surface area contributed by atoms with Crippen LogP contribution < -0.4 is 4.74 Å². The summed E-state index contributed by atoms with van der Waals surface area (Å²) in [6, 6.07) is 7.19. The van der Waals surface area contributed by atoms with Crippen molar-refractivity contribution >= 4 is 21.7 Å². The number of Topliss-reactive ketones (excluding diaryl/α,β-unsaturated/α-hetero) is 1. The number of hydrogen-bond acceptors (Lipinski definition) is 3. The van der Waals surface area contributed by atoms with E-state index in [1.54, 1.807) is 12.1 Å². The van der Waals surface area contributed by atoms with Crippen LogP contribution in [0.4, 0.5) is 0 Å². The summed E-state index contributed by atoms with van der Waals surface area (Å²) in [6.07, 6.45) is 3.05. The lowest BCUT2D eigenvalue weighted by Crippen LogP contribution is -2.24. The summed E-state index contributed by atoms with van der Waals surface area (Å²) >= 11 is 3.15. The first-order valence-electron chi connectivity index (χ1n) is 5.77. The Bertz CT molecular complexity index is 369. The fourth-order valence-electron chi connectivity index (χ4n) is 1.75. The second kappa shape index (κ2) is 6.17. The van der Waals surface area contributed by atoms with Crippen molar-refractivity contribution < 1.29 is 14.3 Å². The Hall–Kier alpha value is -0.870. The Morgan fingerprint density at radius 2 is 2.12 bits per heavy atom. The zero-order valence-electron chi connectivity index (χ0n) is 9.52. The van der Waals surface area contributed by atoms with Crippen LogP contribution in [0.25, 0.3) is 0 Å². The number of halogens is 1. The smallest absolute Gasteiger partial charge is 0.199 e. The first-order valence-corrected chi connectivity index (χ1v) is 6.89. The molecular formula is C13H15BrO3. The molecule has 0 aromatic heterocycles. The van der Waals surface area contributed by atoms with Gasteiger partial charge in [0.2, 0.25) is 0 Å². The van der Waals surface area contributed by atoms with Crippen LogP contribution in [0.1, 0.15) is 29.6 Å². The van der Waals surface area contributed by atoms with E-state index in [1.807, 2.05) is 12.1 Å². The number of ketones is 1. The highest BCUT2D eigenvalue weighted by molar-refractivity contribution is 9.09. The van der Waals surface area contributed by atoms with Crippen LogP contribution in [0.5, 0.6) is 5.75 Å². The van der Waals surface area contributed by atoms with Gasteiger partial charge in [-0.3, -0.25) is 4.79 Å². The van der Waals surface area contributed by atoms with Crippen molar-refractivity contribution in [3.63, 3.8) is 0 Å². The number of hydrogen-bond donors (Lipinski definition) is 0. The maximum absolute atomic E-state index is 11.4. The van der Waals surface area contributed by atoms with Gasteiger partial charge < -0.3 is 9.47 Å². The van der Waals surface area contributed by atoms with E-state index in [-0.39, 0.29) is 12.1 Å². The molecule has 0 N–H and O–H groups in total. The normalized spacial score (nSPS) is 19.9. The zero-order chi connectivity index (χ0) is 12.1. The SMILES string of the molecule is O=C(CBr)c1ccc(OC2CCCCO2)cc1. The molecule has 92 valence electrons. The van der Waals surface area contributed by atoms with E-state index in [4.69, 9.17) is 9.47 Å². The van der Waals surface area contributed by atoms with Crippen molar-refractivity contribution in [2.24, 2.45) is 0 Å². The standard InChI is InChI=1S/C13H15BrO3/c14-9-12(15)10-4-6-11(7-5-10)17-13-3-1-2-8-16-13/h4-7,13H,1-3,8-9H2. The zero-order valence-corrected chi connectivity index (χ0v) is 11.1. The van der Waals surface area contributed by atoms with Gasteiger partial charge in [0.25, 0.3) is 0 Å². The van der Waals surface area contributed by atoms with E-state index in [1.165, 1.54) is 0 Å². The van der Waals surface area contributed by atoms with E-state index in [2.05, 4.69) is 15.9 Å². The summed E-state index contributed by atoms with van der Waals surface area (Å²) in [6.45, 7) is 0.769. The van der Waals surface area contributed by atoms with E-state index in [9.17, 15) is 4.79 Å². The van der Waals surface area contributed by atoms with Gasteiger partial charge in [-0.15, -0.1) is 0 Å². The molecule has 17 heavy (non-hydrogen) atoms. The minimum absolute atomic E-state index is 0.0745. The third kappa shape index (κ3) is 3.54. The number of alkyl halides is 1. The van der Waals surface area contributed by atoms with E-state index in [0.717, 1.165) is 31.6 Å². The fourth-order valence-corrected chi connectivity index (χ4v) is 2.08. The van der Waals surface area contributed by atoms with Gasteiger partial charge in [-0.05, 0) is 37.1 Å². The largest absolute Gasteiger partial charge is 0.465 e. The van der Waals surface area contributed by atoms with Gasteiger partial charge >= 0.3 is 0 Å². The molecule has 0 aliphatic carbocycles. The van der Waals surface area contributed by atoms with Crippen molar-refractivity contribution in [2.45, 2.75) is 25.6 Å². The maximum atomic E-state index is 11.4. The predicted octanol–water partition coefficient (Wildman–Crippen LogP) is 3.17. The van der Waals surface area contributed by atoms with Crippen LogP contribution >= 0.6 is 15.9 Å². The average molecular weight is 299 g/mol. The first kappa shape index (κ1) is 12.6. The molecule has 0 saturated carbocycles. The van der Waals surface area contributed by atoms with Gasteiger partial charge in [-0.2, -0.15) is 0 Å². The van der Waals surface area contributed by atoms with Crippen molar-refractivity contribution in [3.8, 4) is 5.75 Å². The molecular weight excluding hydrogens is 284 g/mol. The van der Waals surface area contributed by atoms with Gasteiger partial charge in [-0.25, -0.2) is 0 Å². The molecule has 0 bridgehead atoms. The fraction of sp³-hybridized carbons (Fsp3) is 0.462. The molecule has 0 radical (unpaired) electrons. The van der Waals surface area contributed by atoms with Crippen LogP contribution in [-0.2, 0) is 4.74 Å². The molecule has 1 fully saturated rings. The van der Waals surface area contributed by atoms with E-state index < -0.39 is 0 Å². The molecule has 1 aromatic rings. The molecule has 1 aliphatic rings. The Morgan fingerprint density at radius 1 is 1.35 bits per heavy atom. The van der Waals surface area contributed by atoms with Crippen molar-refractivity contribution in [2.75, 3.05) is 11.9 Å². The van der Waals surface area contributed by atoms with Crippen molar-refractivity contribution in [1.29, 1.82) is 0 Å². The lowest BCUT2D eigenvalue weighted by Gasteiger charge is -2.23. The van der Waals surface area contributed by atoms with Gasteiger partial charge in [0.1, 0.15) is 5.75 Å². The van der Waals surface area contributed by atoms with Gasteiger partial charge in [0, 0.05) is 12.0 Å². The lowest BCUT2D eigenvalue weighted by atomic mass is 10.1. The third-order valence-electron chi connectivity index (χ3n) is 2.70. The second-order valence-corrected chi connectivity index (χ2v) is 4.56. The molecule has 3 nitrogen and oxygen atoms in total. The quantitative estimate of drug-likeness (QED) is 0.633. The molecule has 1 aromatic carbocycles. The molecule has 0 amide bonds. The summed E-state index contributed by atoms with van der Waals surface area (Å²) in [4.78, 5) is 11.4. The van der Waals surface area contributed by atoms with E-state index in [0.29, 0.717) is 10.9 Å². The molecule has 0 spiro atoms. The number of rotatable bonds is 4. The third-order valence-corrected chi connectivity index (χ3v) is 3.21. The summed E-state index contributed by atoms with van der Waals surface area (Å²) in [5.41, 5.74) is 0.693. The number of carbonyl (C=O) groups excluding carboxylic acids is 1. The number of ether oxygens (including phenoxy) is 2. The Labute approximate surface area is 109 Å². The van der Waals surface area contributed by atoms with Crippen molar-refractivity contribution in [3.05, 3.63) is 29.8 Å². The highest BCUT2D eigenvalue weighted by Crippen LogP contribution is 2.19. The molecule has 1 unspecified atom stereocenters. The molecule has 2 rings (SSSR count). The predicted molar refractivity (Wildman–Crippen MR) is 68.8 cm³/mol. The van der Waals surface area contributed by atoms with Gasteiger partial charge in [0.05, 0.1) is 11.9 Å². The van der Waals surface area contributed by atoms with Crippen LogP contribution in [0.15, 0.2) is 24.3 Å². The van der Waals surface area contributed by atoms with Crippen LogP contribution in [0.2, 0.25) is 0 Å². The molecule has 1 aliphatic heterocycles. The van der Waals surface area contributed by atoms with Crippen molar-refractivity contribution in [1.82, 2.24) is 0 Å². The van der Waals surface area contributed by atoms with E-state index >= 15 is 0 Å². The number of benzene rings is 1.